The summed E-state index contributed by atoms with van der Waals surface area (Å²) in [5.41, 5.74) is 1.74. The number of nitrogens with zero attached hydrogens (tertiary/aromatic N) is 1. The quantitative estimate of drug-likeness (QED) is 0.429. The van der Waals surface area contributed by atoms with E-state index in [1.807, 2.05) is 7.05 Å². The fourth-order valence-electron chi connectivity index (χ4n) is 4.38. The van der Waals surface area contributed by atoms with Gasteiger partial charge in [-0.15, -0.1) is 24.0 Å². The summed E-state index contributed by atoms with van der Waals surface area (Å²) in [6.45, 7) is 0.957. The van der Waals surface area contributed by atoms with E-state index >= 15 is 0 Å². The minimum atomic E-state index is 0. The van der Waals surface area contributed by atoms with Crippen LogP contribution < -0.4 is 10.6 Å². The maximum Gasteiger partial charge on any atom is 0.191 e. The Morgan fingerprint density at radius 3 is 2.58 bits per heavy atom. The van der Waals surface area contributed by atoms with E-state index in [-0.39, 0.29) is 29.4 Å². The standard InChI is InChI=1S/C19H27N3O.HI/c1-20-18(22-16-12-15-8-9-17(16)23-15)21-13-19(10-5-11-19)14-6-3-2-4-7-14;/h2-4,6-7,15-17H,5,8-13H2,1H3,(H2,20,21,22);1H. The van der Waals surface area contributed by atoms with Gasteiger partial charge in [0.1, 0.15) is 0 Å². The van der Waals surface area contributed by atoms with Crippen LogP contribution in [0.25, 0.3) is 0 Å². The molecule has 0 radical (unpaired) electrons. The highest BCUT2D eigenvalue weighted by Gasteiger charge is 2.42. The fraction of sp³-hybridized carbons (Fsp3) is 0.632. The molecule has 2 aliphatic heterocycles. The van der Waals surface area contributed by atoms with Crippen molar-refractivity contribution in [2.24, 2.45) is 4.99 Å². The zero-order valence-electron chi connectivity index (χ0n) is 14.3. The zero-order chi connectivity index (χ0) is 15.7. The number of benzene rings is 1. The third-order valence-corrected chi connectivity index (χ3v) is 5.94. The second kappa shape index (κ2) is 7.60. The van der Waals surface area contributed by atoms with Crippen LogP contribution in [-0.4, -0.2) is 37.8 Å². The molecule has 2 bridgehead atoms. The largest absolute Gasteiger partial charge is 0.373 e. The number of ether oxygens (including phenoxy) is 1. The molecule has 132 valence electrons. The van der Waals surface area contributed by atoms with Crippen molar-refractivity contribution < 1.29 is 4.74 Å². The second-order valence-electron chi connectivity index (χ2n) is 7.29. The summed E-state index contributed by atoms with van der Waals surface area (Å²) in [4.78, 5) is 4.43. The third-order valence-electron chi connectivity index (χ3n) is 5.94. The maximum atomic E-state index is 5.93. The average molecular weight is 441 g/mol. The van der Waals surface area contributed by atoms with Crippen molar-refractivity contribution in [1.82, 2.24) is 10.6 Å². The fourth-order valence-corrected chi connectivity index (χ4v) is 4.38. The van der Waals surface area contributed by atoms with E-state index in [0.717, 1.165) is 18.9 Å². The monoisotopic (exact) mass is 441 g/mol. The molecule has 0 amide bonds. The number of fused-ring (bicyclic) bond motifs is 2. The number of hydrogen-bond donors (Lipinski definition) is 2. The predicted octanol–water partition coefficient (Wildman–Crippen LogP) is 3.21. The first-order valence-electron chi connectivity index (χ1n) is 8.97. The molecule has 4 rings (SSSR count). The SMILES string of the molecule is CN=C(NCC1(c2ccccc2)CCC1)NC1CC2CCC1O2.I. The van der Waals surface area contributed by atoms with Crippen molar-refractivity contribution in [2.45, 2.75) is 62.2 Å². The highest BCUT2D eigenvalue weighted by molar-refractivity contribution is 14.0. The molecule has 3 atom stereocenters. The first kappa shape index (κ1) is 18.0. The van der Waals surface area contributed by atoms with E-state index < -0.39 is 0 Å². The van der Waals surface area contributed by atoms with Crippen molar-refractivity contribution in [2.75, 3.05) is 13.6 Å². The van der Waals surface area contributed by atoms with Crippen LogP contribution >= 0.6 is 24.0 Å². The van der Waals surface area contributed by atoms with Gasteiger partial charge < -0.3 is 15.4 Å². The zero-order valence-corrected chi connectivity index (χ0v) is 16.7. The molecule has 2 saturated heterocycles. The highest BCUT2D eigenvalue weighted by atomic mass is 127. The summed E-state index contributed by atoms with van der Waals surface area (Å²) in [6.07, 6.45) is 8.23. The van der Waals surface area contributed by atoms with Gasteiger partial charge in [0.25, 0.3) is 0 Å². The van der Waals surface area contributed by atoms with Crippen molar-refractivity contribution >= 4 is 29.9 Å². The second-order valence-corrected chi connectivity index (χ2v) is 7.29. The lowest BCUT2D eigenvalue weighted by atomic mass is 9.64. The van der Waals surface area contributed by atoms with Gasteiger partial charge in [-0.2, -0.15) is 0 Å². The van der Waals surface area contributed by atoms with Gasteiger partial charge in [0.05, 0.1) is 18.2 Å². The molecule has 3 unspecified atom stereocenters. The Morgan fingerprint density at radius 2 is 2.04 bits per heavy atom. The minimum absolute atomic E-state index is 0. The maximum absolute atomic E-state index is 5.93. The summed E-state index contributed by atoms with van der Waals surface area (Å²) in [5.74, 6) is 0.924. The molecule has 0 aromatic heterocycles. The summed E-state index contributed by atoms with van der Waals surface area (Å²) in [5, 5.41) is 7.16. The Labute approximate surface area is 161 Å². The molecule has 24 heavy (non-hydrogen) atoms. The molecule has 1 aromatic rings. The minimum Gasteiger partial charge on any atom is -0.373 e. The van der Waals surface area contributed by atoms with Gasteiger partial charge in [0, 0.05) is 19.0 Å². The lowest BCUT2D eigenvalue weighted by Gasteiger charge is -2.43. The Kier molecular flexibility index (Phi) is 5.70. The normalized spacial score (nSPS) is 30.4. The summed E-state index contributed by atoms with van der Waals surface area (Å²) < 4.78 is 5.93. The van der Waals surface area contributed by atoms with E-state index in [2.05, 4.69) is 46.0 Å². The van der Waals surface area contributed by atoms with Crippen molar-refractivity contribution in [3.63, 3.8) is 0 Å². The van der Waals surface area contributed by atoms with Gasteiger partial charge in [-0.1, -0.05) is 36.8 Å². The summed E-state index contributed by atoms with van der Waals surface area (Å²) in [7, 11) is 1.86. The highest BCUT2D eigenvalue weighted by Crippen LogP contribution is 2.43. The van der Waals surface area contributed by atoms with Gasteiger partial charge in [-0.25, -0.2) is 0 Å². The van der Waals surface area contributed by atoms with Crippen molar-refractivity contribution in [1.29, 1.82) is 0 Å². The predicted molar refractivity (Wildman–Crippen MR) is 108 cm³/mol. The molecular weight excluding hydrogens is 413 g/mol. The molecule has 2 N–H and O–H groups in total. The van der Waals surface area contributed by atoms with E-state index in [1.165, 1.54) is 37.7 Å². The van der Waals surface area contributed by atoms with Crippen molar-refractivity contribution in [3.05, 3.63) is 35.9 Å². The number of guanidine groups is 1. The molecule has 0 spiro atoms. The molecule has 2 heterocycles. The first-order chi connectivity index (χ1) is 11.3. The number of halogens is 1. The van der Waals surface area contributed by atoms with Crippen LogP contribution in [0.3, 0.4) is 0 Å². The summed E-state index contributed by atoms with van der Waals surface area (Å²) in [6, 6.07) is 11.3. The Bertz CT molecular complexity index is 573. The van der Waals surface area contributed by atoms with E-state index in [0.29, 0.717) is 18.2 Å². The first-order valence-corrected chi connectivity index (χ1v) is 8.97. The molecule has 3 fully saturated rings. The van der Waals surface area contributed by atoms with Gasteiger partial charge in [-0.05, 0) is 37.7 Å². The van der Waals surface area contributed by atoms with Gasteiger partial charge >= 0.3 is 0 Å². The van der Waals surface area contributed by atoms with Crippen LogP contribution in [0.5, 0.6) is 0 Å². The van der Waals surface area contributed by atoms with E-state index in [4.69, 9.17) is 4.74 Å². The van der Waals surface area contributed by atoms with Crippen molar-refractivity contribution in [3.8, 4) is 0 Å². The van der Waals surface area contributed by atoms with Crippen LogP contribution in [0.15, 0.2) is 35.3 Å². The van der Waals surface area contributed by atoms with E-state index in [1.54, 1.807) is 0 Å². The van der Waals surface area contributed by atoms with Gasteiger partial charge in [-0.3, -0.25) is 4.99 Å². The van der Waals surface area contributed by atoms with Crippen LogP contribution in [0.1, 0.15) is 44.1 Å². The van der Waals surface area contributed by atoms with Crippen LogP contribution in [0.2, 0.25) is 0 Å². The van der Waals surface area contributed by atoms with Crippen LogP contribution in [-0.2, 0) is 10.2 Å². The van der Waals surface area contributed by atoms with E-state index in [9.17, 15) is 0 Å². The van der Waals surface area contributed by atoms with Crippen LogP contribution in [0.4, 0.5) is 0 Å². The lowest BCUT2D eigenvalue weighted by molar-refractivity contribution is 0.0992. The average Bonchev–Trinajstić information content (AvgIpc) is 3.16. The molecular formula is C19H28IN3O. The molecule has 1 aliphatic carbocycles. The molecule has 5 heteroatoms. The smallest absolute Gasteiger partial charge is 0.191 e. The topological polar surface area (TPSA) is 45.7 Å². The van der Waals surface area contributed by atoms with Gasteiger partial charge in [0.2, 0.25) is 0 Å². The molecule has 1 aromatic carbocycles. The Balaban J connectivity index is 0.00000169. The number of hydrogen-bond acceptors (Lipinski definition) is 2. The number of rotatable bonds is 4. The molecule has 4 nitrogen and oxygen atoms in total. The molecule has 3 aliphatic rings. The third kappa shape index (κ3) is 3.43. The van der Waals surface area contributed by atoms with Crippen LogP contribution in [0, 0.1) is 0 Å². The Hall–Kier alpha value is -0.820. The van der Waals surface area contributed by atoms with Gasteiger partial charge in [0.15, 0.2) is 5.96 Å². The summed E-state index contributed by atoms with van der Waals surface area (Å²) >= 11 is 0. The number of aliphatic imine (C=N–C) groups is 1. The number of nitrogens with one attached hydrogen (secondary N) is 2. The molecule has 1 saturated carbocycles. The lowest BCUT2D eigenvalue weighted by Crippen LogP contribution is -2.52. The Morgan fingerprint density at radius 1 is 1.25 bits per heavy atom.